The smallest absolute Gasteiger partial charge is 0.251 e. The number of pyridine rings is 1. The number of aliphatic hydroxyl groups excluding tert-OH is 1. The van der Waals surface area contributed by atoms with Crippen LogP contribution in [-0.2, 0) is 0 Å². The Hall–Kier alpha value is -2.25. The average Bonchev–Trinajstić information content (AvgIpc) is 3.16. The first-order valence-corrected chi connectivity index (χ1v) is 6.85. The molecular formula is C14H17N5O2. The molecule has 1 saturated heterocycles. The zero-order valence-corrected chi connectivity index (χ0v) is 11.4. The number of β-amino-alcohol motifs (C(OH)–C–C–N with tert-alkyl or cyclic N) is 1. The van der Waals surface area contributed by atoms with Gasteiger partial charge in [-0.05, 0) is 12.1 Å². The van der Waals surface area contributed by atoms with E-state index in [1.165, 1.54) is 0 Å². The number of hydrogen-bond acceptors (Lipinski definition) is 5. The first-order valence-electron chi connectivity index (χ1n) is 6.85. The third kappa shape index (κ3) is 3.09. The van der Waals surface area contributed by atoms with E-state index < -0.39 is 6.10 Å². The molecule has 3 heterocycles. The highest BCUT2D eigenvalue weighted by atomic mass is 16.3. The van der Waals surface area contributed by atoms with Crippen LogP contribution >= 0.6 is 0 Å². The van der Waals surface area contributed by atoms with Crippen LogP contribution in [0.25, 0.3) is 5.82 Å². The molecule has 1 fully saturated rings. The average molecular weight is 287 g/mol. The summed E-state index contributed by atoms with van der Waals surface area (Å²) in [5.74, 6) is 0.532. The van der Waals surface area contributed by atoms with Gasteiger partial charge in [0.1, 0.15) is 12.1 Å². The largest absolute Gasteiger partial charge is 0.391 e. The molecule has 0 radical (unpaired) electrons. The van der Waals surface area contributed by atoms with Crippen LogP contribution in [0.1, 0.15) is 10.4 Å². The molecule has 2 aromatic heterocycles. The van der Waals surface area contributed by atoms with Gasteiger partial charge in [0.25, 0.3) is 5.91 Å². The first kappa shape index (κ1) is 13.7. The highest BCUT2D eigenvalue weighted by Gasteiger charge is 2.25. The first-order chi connectivity index (χ1) is 10.2. The number of carbonyl (C=O) groups is 1. The second-order valence-electron chi connectivity index (χ2n) is 5.07. The van der Waals surface area contributed by atoms with E-state index in [1.807, 2.05) is 0 Å². The van der Waals surface area contributed by atoms with Crippen molar-refractivity contribution in [1.29, 1.82) is 0 Å². The van der Waals surface area contributed by atoms with Crippen LogP contribution in [0.3, 0.4) is 0 Å². The molecule has 0 spiro atoms. The van der Waals surface area contributed by atoms with Gasteiger partial charge in [-0.15, -0.1) is 0 Å². The summed E-state index contributed by atoms with van der Waals surface area (Å²) in [5.41, 5.74) is 0.536. The molecule has 110 valence electrons. The predicted octanol–water partition coefficient (Wildman–Crippen LogP) is -0.423. The molecule has 0 bridgehead atoms. The minimum Gasteiger partial charge on any atom is -0.391 e. The monoisotopic (exact) mass is 287 g/mol. The number of hydrogen-bond donors (Lipinski definition) is 3. The van der Waals surface area contributed by atoms with Gasteiger partial charge in [0.2, 0.25) is 0 Å². The lowest BCUT2D eigenvalue weighted by Crippen LogP contribution is -2.34. The fourth-order valence-electron chi connectivity index (χ4n) is 2.35. The summed E-state index contributed by atoms with van der Waals surface area (Å²) in [7, 11) is 0. The molecule has 2 aromatic rings. The van der Waals surface area contributed by atoms with Crippen LogP contribution < -0.4 is 10.6 Å². The van der Waals surface area contributed by atoms with Crippen molar-refractivity contribution in [3.05, 3.63) is 42.6 Å². The Balaban J connectivity index is 1.66. The number of imidazole rings is 1. The van der Waals surface area contributed by atoms with E-state index >= 15 is 0 Å². The molecule has 7 nitrogen and oxygen atoms in total. The summed E-state index contributed by atoms with van der Waals surface area (Å²) in [5, 5.41) is 15.7. The maximum Gasteiger partial charge on any atom is 0.251 e. The second-order valence-corrected chi connectivity index (χ2v) is 5.07. The predicted molar refractivity (Wildman–Crippen MR) is 76.1 cm³/mol. The van der Waals surface area contributed by atoms with Crippen molar-refractivity contribution in [2.24, 2.45) is 5.92 Å². The van der Waals surface area contributed by atoms with E-state index in [1.54, 1.807) is 41.6 Å². The maximum absolute atomic E-state index is 12.2. The van der Waals surface area contributed by atoms with E-state index in [2.05, 4.69) is 20.6 Å². The van der Waals surface area contributed by atoms with Gasteiger partial charge in [0.15, 0.2) is 0 Å². The lowest BCUT2D eigenvalue weighted by molar-refractivity contribution is 0.0927. The van der Waals surface area contributed by atoms with Crippen LogP contribution in [0.4, 0.5) is 0 Å². The van der Waals surface area contributed by atoms with Crippen LogP contribution in [0, 0.1) is 5.92 Å². The molecule has 1 amide bonds. The molecule has 2 unspecified atom stereocenters. The van der Waals surface area contributed by atoms with Gasteiger partial charge >= 0.3 is 0 Å². The SMILES string of the molecule is O=C(NCC1CNCC1O)c1ccnc(-n2ccnc2)c1. The Kier molecular flexibility index (Phi) is 3.94. The normalized spacial score (nSPS) is 21.4. The van der Waals surface area contributed by atoms with E-state index in [9.17, 15) is 9.90 Å². The third-order valence-corrected chi connectivity index (χ3v) is 3.61. The van der Waals surface area contributed by atoms with Crippen molar-refractivity contribution in [3.63, 3.8) is 0 Å². The van der Waals surface area contributed by atoms with Gasteiger partial charge in [-0.1, -0.05) is 0 Å². The molecule has 1 aliphatic rings. The van der Waals surface area contributed by atoms with E-state index in [0.717, 1.165) is 6.54 Å². The topological polar surface area (TPSA) is 92.1 Å². The zero-order chi connectivity index (χ0) is 14.7. The Labute approximate surface area is 122 Å². The van der Waals surface area contributed by atoms with E-state index in [-0.39, 0.29) is 11.8 Å². The summed E-state index contributed by atoms with van der Waals surface area (Å²) in [6, 6.07) is 3.37. The summed E-state index contributed by atoms with van der Waals surface area (Å²) < 4.78 is 1.74. The maximum atomic E-state index is 12.2. The highest BCUT2D eigenvalue weighted by molar-refractivity contribution is 5.94. The molecule has 0 saturated carbocycles. The van der Waals surface area contributed by atoms with Crippen LogP contribution in [0.5, 0.6) is 0 Å². The van der Waals surface area contributed by atoms with Crippen molar-refractivity contribution >= 4 is 5.91 Å². The fraction of sp³-hybridized carbons (Fsp3) is 0.357. The number of rotatable bonds is 4. The minimum absolute atomic E-state index is 0.0592. The van der Waals surface area contributed by atoms with E-state index in [4.69, 9.17) is 0 Å². The summed E-state index contributed by atoms with van der Waals surface area (Å²) >= 11 is 0. The quantitative estimate of drug-likeness (QED) is 0.710. The molecule has 3 rings (SSSR count). The molecule has 0 aliphatic carbocycles. The highest BCUT2D eigenvalue weighted by Crippen LogP contribution is 2.09. The number of aliphatic hydroxyl groups is 1. The van der Waals surface area contributed by atoms with Crippen molar-refractivity contribution in [2.45, 2.75) is 6.10 Å². The molecule has 21 heavy (non-hydrogen) atoms. The molecule has 7 heteroatoms. The van der Waals surface area contributed by atoms with Gasteiger partial charge in [-0.2, -0.15) is 0 Å². The van der Waals surface area contributed by atoms with Crippen LogP contribution in [0.15, 0.2) is 37.1 Å². The number of amides is 1. The Bertz CT molecular complexity index is 614. The Morgan fingerprint density at radius 1 is 1.48 bits per heavy atom. The standard InChI is InChI=1S/C14H17N5O2/c20-12-8-16-6-11(12)7-18-14(21)10-1-2-17-13(5-10)19-4-3-15-9-19/h1-5,9,11-12,16,20H,6-8H2,(H,18,21). The fourth-order valence-corrected chi connectivity index (χ4v) is 2.35. The van der Waals surface area contributed by atoms with Crippen molar-refractivity contribution < 1.29 is 9.90 Å². The van der Waals surface area contributed by atoms with Crippen molar-refractivity contribution in [1.82, 2.24) is 25.2 Å². The second kappa shape index (κ2) is 6.02. The summed E-state index contributed by atoms with van der Waals surface area (Å²) in [4.78, 5) is 20.3. The molecule has 3 N–H and O–H groups in total. The third-order valence-electron chi connectivity index (χ3n) is 3.61. The van der Waals surface area contributed by atoms with Gasteiger partial charge in [0, 0.05) is 49.7 Å². The van der Waals surface area contributed by atoms with Gasteiger partial charge in [-0.25, -0.2) is 9.97 Å². The lowest BCUT2D eigenvalue weighted by Gasteiger charge is -2.14. The molecule has 1 aliphatic heterocycles. The van der Waals surface area contributed by atoms with Gasteiger partial charge in [-0.3, -0.25) is 9.36 Å². The molecule has 2 atom stereocenters. The zero-order valence-electron chi connectivity index (χ0n) is 11.4. The lowest BCUT2D eigenvalue weighted by atomic mass is 10.1. The van der Waals surface area contributed by atoms with Crippen LogP contribution in [-0.4, -0.2) is 51.3 Å². The summed E-state index contributed by atoms with van der Waals surface area (Å²) in [6.07, 6.45) is 6.25. The number of carbonyl (C=O) groups excluding carboxylic acids is 1. The molecular weight excluding hydrogens is 270 g/mol. The van der Waals surface area contributed by atoms with Crippen LogP contribution in [0.2, 0.25) is 0 Å². The summed E-state index contributed by atoms with van der Waals surface area (Å²) in [6.45, 7) is 1.76. The van der Waals surface area contributed by atoms with E-state index in [0.29, 0.717) is 24.5 Å². The van der Waals surface area contributed by atoms with Crippen molar-refractivity contribution in [3.8, 4) is 5.82 Å². The Morgan fingerprint density at radius 2 is 2.38 bits per heavy atom. The van der Waals surface area contributed by atoms with Gasteiger partial charge in [0.05, 0.1) is 6.10 Å². The van der Waals surface area contributed by atoms with Crippen molar-refractivity contribution in [2.75, 3.05) is 19.6 Å². The van der Waals surface area contributed by atoms with Gasteiger partial charge < -0.3 is 15.7 Å². The minimum atomic E-state index is -0.399. The Morgan fingerprint density at radius 3 is 3.10 bits per heavy atom. The molecule has 0 aromatic carbocycles. The number of nitrogens with one attached hydrogen (secondary N) is 2. The number of nitrogens with zero attached hydrogens (tertiary/aromatic N) is 3. The number of aromatic nitrogens is 3.